The lowest BCUT2D eigenvalue weighted by atomic mass is 10.1. The Morgan fingerprint density at radius 1 is 1.48 bits per heavy atom. The van der Waals surface area contributed by atoms with E-state index >= 15 is 0 Å². The summed E-state index contributed by atoms with van der Waals surface area (Å²) in [5.74, 6) is -1.26. The summed E-state index contributed by atoms with van der Waals surface area (Å²) in [7, 11) is -3.98. The number of carboxylic acids is 1. The summed E-state index contributed by atoms with van der Waals surface area (Å²) < 4.78 is 26.2. The van der Waals surface area contributed by atoms with Gasteiger partial charge in [0.05, 0.1) is 17.1 Å². The fraction of sp³-hybridized carbons (Fsp3) is 0.308. The van der Waals surface area contributed by atoms with Crippen molar-refractivity contribution in [3.8, 4) is 0 Å². The molecule has 21 heavy (non-hydrogen) atoms. The summed E-state index contributed by atoms with van der Waals surface area (Å²) in [5, 5.41) is 18.1. The topological polar surface area (TPSA) is 94.9 Å². The van der Waals surface area contributed by atoms with Crippen molar-refractivity contribution in [2.24, 2.45) is 0 Å². The third-order valence-electron chi connectivity index (χ3n) is 2.86. The molecular weight excluding hydrogens is 318 g/mol. The first kappa shape index (κ1) is 17.6. The van der Waals surface area contributed by atoms with Crippen LogP contribution in [0.5, 0.6) is 0 Å². The molecule has 2 N–H and O–H groups in total. The van der Waals surface area contributed by atoms with Gasteiger partial charge in [-0.15, -0.1) is 6.58 Å². The zero-order valence-electron chi connectivity index (χ0n) is 11.4. The minimum absolute atomic E-state index is 0.00273. The molecule has 116 valence electrons. The highest BCUT2D eigenvalue weighted by molar-refractivity contribution is 7.89. The molecule has 6 nitrogen and oxygen atoms in total. The van der Waals surface area contributed by atoms with Crippen molar-refractivity contribution in [1.29, 1.82) is 0 Å². The molecule has 0 bridgehead atoms. The Hall–Kier alpha value is -1.41. The maximum absolute atomic E-state index is 12.6. The van der Waals surface area contributed by atoms with Gasteiger partial charge in [0.2, 0.25) is 10.0 Å². The van der Waals surface area contributed by atoms with Gasteiger partial charge in [0.25, 0.3) is 0 Å². The third kappa shape index (κ3) is 3.82. The Morgan fingerprint density at radius 3 is 2.57 bits per heavy atom. The van der Waals surface area contributed by atoms with Crippen molar-refractivity contribution in [3.05, 3.63) is 40.9 Å². The largest absolute Gasteiger partial charge is 0.478 e. The lowest BCUT2D eigenvalue weighted by Crippen LogP contribution is -2.34. The van der Waals surface area contributed by atoms with Crippen LogP contribution < -0.4 is 0 Å². The lowest BCUT2D eigenvalue weighted by Gasteiger charge is -2.21. The van der Waals surface area contributed by atoms with Gasteiger partial charge in [0, 0.05) is 18.1 Å². The minimum Gasteiger partial charge on any atom is -0.478 e. The first-order valence-electron chi connectivity index (χ1n) is 6.01. The zero-order chi connectivity index (χ0) is 16.2. The van der Waals surface area contributed by atoms with Gasteiger partial charge < -0.3 is 10.2 Å². The highest BCUT2D eigenvalue weighted by Gasteiger charge is 2.27. The highest BCUT2D eigenvalue weighted by Crippen LogP contribution is 2.27. The van der Waals surface area contributed by atoms with E-state index in [0.29, 0.717) is 0 Å². The number of aliphatic hydroxyl groups excluding tert-OH is 1. The second-order valence-corrected chi connectivity index (χ2v) is 6.60. The SMILES string of the molecule is C=CCN(CCO)S(=O)(=O)c1cc(Cl)cc(C(=O)O)c1C. The van der Waals surface area contributed by atoms with Gasteiger partial charge in [0.15, 0.2) is 0 Å². The number of rotatable bonds is 7. The minimum atomic E-state index is -3.98. The number of aliphatic hydroxyl groups is 1. The van der Waals surface area contributed by atoms with Crippen LogP contribution in [0.2, 0.25) is 5.02 Å². The van der Waals surface area contributed by atoms with Crippen LogP contribution in [0.3, 0.4) is 0 Å². The monoisotopic (exact) mass is 333 g/mol. The number of aromatic carboxylic acids is 1. The van der Waals surface area contributed by atoms with Crippen LogP contribution in [0.15, 0.2) is 29.7 Å². The predicted octanol–water partition coefficient (Wildman–Crippen LogP) is 1.52. The number of halogens is 1. The van der Waals surface area contributed by atoms with E-state index in [-0.39, 0.29) is 40.7 Å². The summed E-state index contributed by atoms with van der Waals surface area (Å²) >= 11 is 5.82. The number of benzene rings is 1. The smallest absolute Gasteiger partial charge is 0.336 e. The molecular formula is C13H16ClNO5S. The van der Waals surface area contributed by atoms with Crippen LogP contribution in [-0.2, 0) is 10.0 Å². The van der Waals surface area contributed by atoms with Gasteiger partial charge in [-0.2, -0.15) is 4.31 Å². The molecule has 8 heteroatoms. The van der Waals surface area contributed by atoms with Crippen molar-refractivity contribution in [2.75, 3.05) is 19.7 Å². The molecule has 0 heterocycles. The molecule has 0 fully saturated rings. The van der Waals surface area contributed by atoms with Crippen LogP contribution in [0, 0.1) is 6.92 Å². The number of carbonyl (C=O) groups is 1. The van der Waals surface area contributed by atoms with Crippen LogP contribution in [0.1, 0.15) is 15.9 Å². The van der Waals surface area contributed by atoms with Crippen molar-refractivity contribution < 1.29 is 23.4 Å². The van der Waals surface area contributed by atoms with E-state index in [4.69, 9.17) is 21.8 Å². The van der Waals surface area contributed by atoms with Gasteiger partial charge in [-0.1, -0.05) is 17.7 Å². The van der Waals surface area contributed by atoms with E-state index in [1.54, 1.807) is 0 Å². The molecule has 0 radical (unpaired) electrons. The van der Waals surface area contributed by atoms with Crippen molar-refractivity contribution in [2.45, 2.75) is 11.8 Å². The number of hydrogen-bond acceptors (Lipinski definition) is 4. The molecule has 1 aromatic rings. The molecule has 0 aliphatic carbocycles. The second-order valence-electron chi connectivity index (χ2n) is 4.26. The third-order valence-corrected chi connectivity index (χ3v) is 5.06. The molecule has 0 aromatic heterocycles. The van der Waals surface area contributed by atoms with Gasteiger partial charge >= 0.3 is 5.97 Å². The molecule has 0 atom stereocenters. The van der Waals surface area contributed by atoms with Crippen molar-refractivity contribution >= 4 is 27.6 Å². The maximum Gasteiger partial charge on any atom is 0.336 e. The fourth-order valence-electron chi connectivity index (χ4n) is 1.85. The Labute approximate surface area is 128 Å². The van der Waals surface area contributed by atoms with E-state index in [0.717, 1.165) is 4.31 Å². The van der Waals surface area contributed by atoms with Crippen LogP contribution in [-0.4, -0.2) is 48.6 Å². The number of sulfonamides is 1. The van der Waals surface area contributed by atoms with Gasteiger partial charge in [-0.05, 0) is 24.6 Å². The van der Waals surface area contributed by atoms with Gasteiger partial charge in [0.1, 0.15) is 0 Å². The Morgan fingerprint density at radius 2 is 2.10 bits per heavy atom. The molecule has 0 saturated heterocycles. The zero-order valence-corrected chi connectivity index (χ0v) is 13.0. The van der Waals surface area contributed by atoms with E-state index in [1.165, 1.54) is 25.1 Å². The lowest BCUT2D eigenvalue weighted by molar-refractivity contribution is 0.0695. The van der Waals surface area contributed by atoms with E-state index in [9.17, 15) is 13.2 Å². The summed E-state index contributed by atoms with van der Waals surface area (Å²) in [5.41, 5.74) is -0.0810. The first-order valence-corrected chi connectivity index (χ1v) is 7.82. The Kier molecular flexibility index (Phi) is 5.91. The molecule has 0 aliphatic rings. The molecule has 0 spiro atoms. The first-order chi connectivity index (χ1) is 9.75. The summed E-state index contributed by atoms with van der Waals surface area (Å²) in [6.07, 6.45) is 1.38. The molecule has 0 amide bonds. The van der Waals surface area contributed by atoms with Crippen LogP contribution in [0.4, 0.5) is 0 Å². The average Bonchev–Trinajstić information content (AvgIpc) is 2.40. The van der Waals surface area contributed by atoms with Crippen molar-refractivity contribution in [3.63, 3.8) is 0 Å². The quantitative estimate of drug-likeness (QED) is 0.738. The number of carboxylic acid groups (broad SMARTS) is 1. The van der Waals surface area contributed by atoms with Crippen LogP contribution in [0.25, 0.3) is 0 Å². The average molecular weight is 334 g/mol. The summed E-state index contributed by atoms with van der Waals surface area (Å²) in [6, 6.07) is 2.40. The number of hydrogen-bond donors (Lipinski definition) is 2. The Balaban J connectivity index is 3.49. The van der Waals surface area contributed by atoms with Gasteiger partial charge in [-0.3, -0.25) is 0 Å². The summed E-state index contributed by atoms with van der Waals surface area (Å²) in [4.78, 5) is 11.0. The fourth-order valence-corrected chi connectivity index (χ4v) is 3.81. The van der Waals surface area contributed by atoms with Crippen molar-refractivity contribution in [1.82, 2.24) is 4.31 Å². The van der Waals surface area contributed by atoms with E-state index in [1.807, 2.05) is 0 Å². The molecule has 0 aliphatic heterocycles. The van der Waals surface area contributed by atoms with E-state index < -0.39 is 16.0 Å². The predicted molar refractivity (Wildman–Crippen MR) is 79.2 cm³/mol. The maximum atomic E-state index is 12.6. The summed E-state index contributed by atoms with van der Waals surface area (Å²) in [6.45, 7) is 4.38. The molecule has 1 aromatic carbocycles. The van der Waals surface area contributed by atoms with Gasteiger partial charge in [-0.25, -0.2) is 13.2 Å². The molecule has 0 unspecified atom stereocenters. The van der Waals surface area contributed by atoms with Crippen LogP contribution >= 0.6 is 11.6 Å². The number of nitrogens with zero attached hydrogens (tertiary/aromatic N) is 1. The Bertz CT molecular complexity index is 657. The second kappa shape index (κ2) is 7.04. The van der Waals surface area contributed by atoms with E-state index in [2.05, 4.69) is 6.58 Å². The normalized spacial score (nSPS) is 11.6. The highest BCUT2D eigenvalue weighted by atomic mass is 35.5. The standard InChI is InChI=1S/C13H16ClNO5S/c1-3-4-15(5-6-16)21(19,20)12-8-10(14)7-11(9(12)2)13(17)18/h3,7-8,16H,1,4-6H2,2H3,(H,17,18). The molecule has 1 rings (SSSR count). The molecule has 0 saturated carbocycles.